The Morgan fingerprint density at radius 1 is 0.733 bits per heavy atom. The largest absolute Gasteiger partial charge is 0.370 e. The number of carbonyl (C=O) groups is 6. The normalized spacial score (nSPS) is 13.0. The topological polar surface area (TPSA) is 297 Å². The first-order valence-corrected chi connectivity index (χ1v) is 19.7. The number of nitrogens with zero attached hydrogens (tertiary/aromatic N) is 2. The van der Waals surface area contributed by atoms with Gasteiger partial charge in [0.2, 0.25) is 35.4 Å². The number of nitrogens with two attached hydrogens (primary N) is 3. The van der Waals surface area contributed by atoms with Crippen LogP contribution in [0.5, 0.6) is 0 Å². The molecule has 0 aliphatic rings. The Kier molecular flexibility index (Phi) is 15.7. The number of carbonyl (C=O) groups excluding carboxylic acids is 6. The van der Waals surface area contributed by atoms with Gasteiger partial charge in [-0.3, -0.25) is 33.8 Å². The maximum absolute atomic E-state index is 14.5. The van der Waals surface area contributed by atoms with Crippen LogP contribution in [-0.4, -0.2) is 93.6 Å². The van der Waals surface area contributed by atoms with Crippen molar-refractivity contribution in [3.05, 3.63) is 102 Å². The average Bonchev–Trinajstić information content (AvgIpc) is 3.90. The van der Waals surface area contributed by atoms with Crippen molar-refractivity contribution in [1.82, 2.24) is 41.5 Å². The number of nitrogens with one attached hydrogen (secondary N) is 7. The fraction of sp³-hybridized carbons (Fsp3) is 0.333. The minimum atomic E-state index is -1.25. The van der Waals surface area contributed by atoms with Crippen molar-refractivity contribution in [3.8, 4) is 0 Å². The second-order valence-corrected chi connectivity index (χ2v) is 14.4. The van der Waals surface area contributed by atoms with E-state index in [1.807, 2.05) is 73.7 Å². The van der Waals surface area contributed by atoms with Gasteiger partial charge < -0.3 is 53.8 Å². The molecule has 0 aliphatic carbocycles. The summed E-state index contributed by atoms with van der Waals surface area (Å²) in [6, 6.07) is 16.0. The minimum absolute atomic E-state index is 0.0170. The monoisotopic (exact) mass is 820 g/mol. The highest BCUT2D eigenvalue weighted by Gasteiger charge is 2.32. The summed E-state index contributed by atoms with van der Waals surface area (Å²) in [5, 5.41) is 16.4. The Labute approximate surface area is 346 Å². The third-order valence-corrected chi connectivity index (χ3v) is 9.74. The van der Waals surface area contributed by atoms with Gasteiger partial charge in [-0.25, -0.2) is 4.98 Å². The zero-order valence-corrected chi connectivity index (χ0v) is 33.3. The number of fused-ring (bicyclic) bond motifs is 2. The van der Waals surface area contributed by atoms with Gasteiger partial charge >= 0.3 is 0 Å². The lowest BCUT2D eigenvalue weighted by Crippen LogP contribution is -2.59. The van der Waals surface area contributed by atoms with E-state index < -0.39 is 60.2 Å². The molecule has 4 atom stereocenters. The molecule has 316 valence electrons. The highest BCUT2D eigenvalue weighted by Crippen LogP contribution is 2.20. The maximum Gasteiger partial charge on any atom is 0.243 e. The standard InChI is InChI=1S/C42H52N12O6/c1-2-8-37(56)51-35(20-29-22-46-24-50-29)41(60)53-33(18-25-14-15-26-9-3-4-10-27(26)17-25)40(59)52-32(13-7-16-47-42(44)45)39(58)54-34(38(57)49-23-36(43)55)19-28-21-48-31-12-6-5-11-30(28)31/h3-6,9-12,14-15,17,21-22,24,32-35,48H,2,7-8,13,16,18-20,23H2,1H3,(H2,43,55)(H,46,50)(H,49,57)(H,51,56)(H,52,59)(H,53,60)(H,54,58)(H4,44,45,47)/t32-,33?,34-,35-/m0/s1. The summed E-state index contributed by atoms with van der Waals surface area (Å²) in [5.74, 6) is -3.99. The predicted molar refractivity (Wildman–Crippen MR) is 227 cm³/mol. The van der Waals surface area contributed by atoms with Crippen LogP contribution >= 0.6 is 0 Å². The first kappa shape index (κ1) is 43.9. The summed E-state index contributed by atoms with van der Waals surface area (Å²) < 4.78 is 0. The number of H-pyrrole nitrogens is 2. The van der Waals surface area contributed by atoms with E-state index in [1.54, 1.807) is 6.20 Å². The molecule has 5 rings (SSSR count). The van der Waals surface area contributed by atoms with E-state index in [4.69, 9.17) is 17.2 Å². The molecule has 6 amide bonds. The fourth-order valence-corrected chi connectivity index (χ4v) is 6.75. The summed E-state index contributed by atoms with van der Waals surface area (Å²) in [7, 11) is 0. The Morgan fingerprint density at radius 2 is 1.40 bits per heavy atom. The zero-order chi connectivity index (χ0) is 43.0. The van der Waals surface area contributed by atoms with E-state index >= 15 is 0 Å². The highest BCUT2D eigenvalue weighted by atomic mass is 16.2. The smallest absolute Gasteiger partial charge is 0.243 e. The number of aromatic nitrogens is 3. The van der Waals surface area contributed by atoms with Crippen LogP contribution < -0.4 is 43.8 Å². The van der Waals surface area contributed by atoms with Crippen molar-refractivity contribution in [3.63, 3.8) is 0 Å². The molecule has 1 unspecified atom stereocenters. The molecule has 60 heavy (non-hydrogen) atoms. The van der Waals surface area contributed by atoms with Crippen molar-refractivity contribution in [1.29, 1.82) is 0 Å². The van der Waals surface area contributed by atoms with Gasteiger partial charge in [0.25, 0.3) is 0 Å². The van der Waals surface area contributed by atoms with E-state index in [0.717, 1.165) is 21.7 Å². The Morgan fingerprint density at radius 3 is 2.10 bits per heavy atom. The molecule has 0 radical (unpaired) electrons. The van der Waals surface area contributed by atoms with Gasteiger partial charge in [0.15, 0.2) is 5.96 Å². The second kappa shape index (κ2) is 21.5. The molecule has 13 N–H and O–H groups in total. The van der Waals surface area contributed by atoms with Crippen molar-refractivity contribution in [2.45, 2.75) is 76.0 Å². The third-order valence-electron chi connectivity index (χ3n) is 9.74. The highest BCUT2D eigenvalue weighted by molar-refractivity contribution is 5.97. The molecule has 0 saturated carbocycles. The molecule has 0 bridgehead atoms. The van der Waals surface area contributed by atoms with E-state index in [0.29, 0.717) is 23.2 Å². The van der Waals surface area contributed by atoms with Gasteiger partial charge in [0.1, 0.15) is 24.2 Å². The van der Waals surface area contributed by atoms with Crippen molar-refractivity contribution in [2.75, 3.05) is 13.1 Å². The molecule has 2 aromatic heterocycles. The van der Waals surface area contributed by atoms with E-state index in [2.05, 4.69) is 46.5 Å². The summed E-state index contributed by atoms with van der Waals surface area (Å²) in [6.45, 7) is 1.51. The number of hydrogen-bond donors (Lipinski definition) is 10. The molecule has 18 heteroatoms. The molecular formula is C42H52N12O6. The number of amides is 6. The van der Waals surface area contributed by atoms with Crippen LogP contribution in [0.15, 0.2) is 90.4 Å². The molecule has 0 fully saturated rings. The van der Waals surface area contributed by atoms with Crippen molar-refractivity contribution in [2.24, 2.45) is 22.2 Å². The summed E-state index contributed by atoms with van der Waals surface area (Å²) in [5.41, 5.74) is 19.2. The average molecular weight is 821 g/mol. The molecule has 0 spiro atoms. The summed E-state index contributed by atoms with van der Waals surface area (Å²) >= 11 is 0. The van der Waals surface area contributed by atoms with Gasteiger partial charge in [-0.2, -0.15) is 0 Å². The molecule has 0 aliphatic heterocycles. The first-order chi connectivity index (χ1) is 28.9. The van der Waals surface area contributed by atoms with E-state index in [9.17, 15) is 28.8 Å². The van der Waals surface area contributed by atoms with Gasteiger partial charge in [-0.15, -0.1) is 0 Å². The number of benzene rings is 3. The third kappa shape index (κ3) is 12.9. The van der Waals surface area contributed by atoms with Crippen LogP contribution in [0.4, 0.5) is 0 Å². The van der Waals surface area contributed by atoms with Gasteiger partial charge in [-0.05, 0) is 47.2 Å². The van der Waals surface area contributed by atoms with Crippen molar-refractivity contribution >= 4 is 63.1 Å². The quantitative estimate of drug-likeness (QED) is 0.0263. The maximum atomic E-state index is 14.5. The minimum Gasteiger partial charge on any atom is -0.370 e. The Bertz CT molecular complexity index is 2300. The summed E-state index contributed by atoms with van der Waals surface area (Å²) in [6.07, 6.45) is 5.85. The number of rotatable bonds is 22. The lowest BCUT2D eigenvalue weighted by molar-refractivity contribution is -0.134. The van der Waals surface area contributed by atoms with Crippen LogP contribution in [0, 0.1) is 0 Å². The molecular weight excluding hydrogens is 769 g/mol. The Hall–Kier alpha value is -7.24. The summed E-state index contributed by atoms with van der Waals surface area (Å²) in [4.78, 5) is 94.7. The van der Waals surface area contributed by atoms with Crippen LogP contribution in [0.3, 0.4) is 0 Å². The van der Waals surface area contributed by atoms with Crippen LogP contribution in [0.1, 0.15) is 49.4 Å². The zero-order valence-electron chi connectivity index (χ0n) is 33.3. The number of aliphatic imine (C=N–C) groups is 1. The number of hydrogen-bond acceptors (Lipinski definition) is 8. The molecule has 5 aromatic rings. The number of imidazole rings is 1. The lowest BCUT2D eigenvalue weighted by Gasteiger charge is -2.27. The number of guanidine groups is 1. The predicted octanol–water partition coefficient (Wildman–Crippen LogP) is 0.467. The van der Waals surface area contributed by atoms with Gasteiger partial charge in [0, 0.05) is 61.2 Å². The van der Waals surface area contributed by atoms with Crippen LogP contribution in [0.2, 0.25) is 0 Å². The van der Waals surface area contributed by atoms with Crippen molar-refractivity contribution < 1.29 is 28.8 Å². The fourth-order valence-electron chi connectivity index (χ4n) is 6.75. The van der Waals surface area contributed by atoms with Crippen LogP contribution in [0.25, 0.3) is 21.7 Å². The SMILES string of the molecule is CCCC(=O)N[C@@H](Cc1cnc[nH]1)C(=O)NC(Cc1ccc2ccccc2c1)C(=O)N[C@@H](CCCN=C(N)N)C(=O)N[C@@H](Cc1c[nH]c2ccccc12)C(=O)NCC(N)=O. The van der Waals surface area contributed by atoms with Crippen LogP contribution in [-0.2, 0) is 48.0 Å². The first-order valence-electron chi connectivity index (χ1n) is 19.7. The molecule has 2 heterocycles. The van der Waals surface area contributed by atoms with Gasteiger partial charge in [0.05, 0.1) is 12.9 Å². The molecule has 18 nitrogen and oxygen atoms in total. The number of para-hydroxylation sites is 1. The number of aromatic amines is 2. The number of primary amides is 1. The van der Waals surface area contributed by atoms with E-state index in [1.165, 1.54) is 12.5 Å². The second-order valence-electron chi connectivity index (χ2n) is 14.4. The Balaban J connectivity index is 1.44. The lowest BCUT2D eigenvalue weighted by atomic mass is 9.99. The molecule has 3 aromatic carbocycles. The van der Waals surface area contributed by atoms with E-state index in [-0.39, 0.29) is 56.9 Å². The van der Waals surface area contributed by atoms with Gasteiger partial charge in [-0.1, -0.05) is 67.6 Å². The molecule has 0 saturated heterocycles.